The summed E-state index contributed by atoms with van der Waals surface area (Å²) in [6, 6.07) is 0. The van der Waals surface area contributed by atoms with Crippen LogP contribution in [0, 0.1) is 0 Å². The second-order valence-corrected chi connectivity index (χ2v) is 3.68. The van der Waals surface area contributed by atoms with Crippen molar-refractivity contribution >= 4 is 74.8 Å². The molecule has 0 radical (unpaired) electrons. The summed E-state index contributed by atoms with van der Waals surface area (Å²) in [6.07, 6.45) is 0. The van der Waals surface area contributed by atoms with Crippen molar-refractivity contribution in [1.29, 1.82) is 0 Å². The molecular formula is H8Na2O8P2. The molecule has 0 saturated carbocycles. The Morgan fingerprint density at radius 2 is 1.00 bits per heavy atom. The summed E-state index contributed by atoms with van der Waals surface area (Å²) >= 11 is 0. The van der Waals surface area contributed by atoms with Crippen LogP contribution in [0.1, 0.15) is 0 Å². The van der Waals surface area contributed by atoms with Gasteiger partial charge in [0.1, 0.15) is 0 Å². The molecule has 12 heteroatoms. The maximum atomic E-state index is 9.63. The van der Waals surface area contributed by atoms with Crippen molar-refractivity contribution in [3.8, 4) is 0 Å². The van der Waals surface area contributed by atoms with Crippen molar-refractivity contribution < 1.29 is 38.5 Å². The molecular weight excluding hydrogens is 236 g/mol. The minimum atomic E-state index is -5.05. The van der Waals surface area contributed by atoms with Crippen LogP contribution in [0.15, 0.2) is 0 Å². The first-order chi connectivity index (χ1) is 3.71. The molecule has 0 saturated heterocycles. The molecule has 0 aliphatic rings. The Labute approximate surface area is 112 Å². The summed E-state index contributed by atoms with van der Waals surface area (Å²) in [4.78, 5) is 31.0. The summed E-state index contributed by atoms with van der Waals surface area (Å²) in [5.74, 6) is 0. The molecule has 0 aromatic carbocycles. The van der Waals surface area contributed by atoms with E-state index in [1.165, 1.54) is 0 Å². The molecule has 68 valence electrons. The van der Waals surface area contributed by atoms with E-state index >= 15 is 0 Å². The van der Waals surface area contributed by atoms with Crippen molar-refractivity contribution in [2.45, 2.75) is 0 Å². The fourth-order valence-electron chi connectivity index (χ4n) is 0.139. The molecule has 0 aliphatic heterocycles. The van der Waals surface area contributed by atoms with Crippen LogP contribution >= 0.6 is 15.6 Å². The fraction of sp³-hybridized carbons (Fsp3) is 0. The molecule has 6 N–H and O–H groups in total. The van der Waals surface area contributed by atoms with Gasteiger partial charge in [0, 0.05) is 0 Å². The fourth-order valence-corrected chi connectivity index (χ4v) is 1.25. The van der Waals surface area contributed by atoms with Crippen molar-refractivity contribution in [2.75, 3.05) is 0 Å². The van der Waals surface area contributed by atoms with Crippen LogP contribution in [-0.2, 0) is 13.4 Å². The van der Waals surface area contributed by atoms with Crippen molar-refractivity contribution in [3.05, 3.63) is 0 Å². The van der Waals surface area contributed by atoms with Gasteiger partial charge in [-0.05, 0) is 0 Å². The predicted octanol–water partition coefficient (Wildman–Crippen LogP) is -2.93. The zero-order valence-corrected chi connectivity index (χ0v) is 6.20. The molecule has 0 aromatic heterocycles. The summed E-state index contributed by atoms with van der Waals surface area (Å²) < 4.78 is 22.2. The van der Waals surface area contributed by atoms with E-state index in [0.717, 1.165) is 0 Å². The van der Waals surface area contributed by atoms with Crippen molar-refractivity contribution in [1.82, 2.24) is 0 Å². The van der Waals surface area contributed by atoms with Gasteiger partial charge in [0.05, 0.1) is 0 Å². The van der Waals surface area contributed by atoms with E-state index in [0.29, 0.717) is 0 Å². The van der Waals surface area contributed by atoms with Gasteiger partial charge in [-0.3, -0.25) is 0 Å². The Morgan fingerprint density at radius 3 is 1.00 bits per heavy atom. The van der Waals surface area contributed by atoms with E-state index in [9.17, 15) is 9.13 Å². The molecule has 0 atom stereocenters. The monoisotopic (exact) mass is 244 g/mol. The average molecular weight is 244 g/mol. The maximum absolute atomic E-state index is 9.63. The third kappa shape index (κ3) is 22.8. The standard InChI is InChI=1S/2Na.H4O7P2.H2O.2H/c;;1-8(2,3)7-9(4,5)6;;;/h;;(H2,1,2,3)(H2,4,5,6);1H2;;. The average Bonchev–Trinajstić information content (AvgIpc) is 1.14. The van der Waals surface area contributed by atoms with Gasteiger partial charge in [0.2, 0.25) is 0 Å². The van der Waals surface area contributed by atoms with Gasteiger partial charge in [0.25, 0.3) is 0 Å². The summed E-state index contributed by atoms with van der Waals surface area (Å²) in [7, 11) is -10.1. The normalized spacial score (nSPS) is 10.3. The van der Waals surface area contributed by atoms with Gasteiger partial charge in [-0.25, -0.2) is 9.13 Å². The molecule has 0 heterocycles. The first-order valence-electron chi connectivity index (χ1n) is 1.53. The molecule has 0 bridgehead atoms. The van der Waals surface area contributed by atoms with Gasteiger partial charge in [0.15, 0.2) is 0 Å². The predicted molar refractivity (Wildman–Crippen MR) is 43.1 cm³/mol. The van der Waals surface area contributed by atoms with Crippen molar-refractivity contribution in [2.24, 2.45) is 0 Å². The molecule has 0 amide bonds. The molecule has 0 aromatic rings. The third-order valence-electron chi connectivity index (χ3n) is 0.213. The Morgan fingerprint density at radius 1 is 0.833 bits per heavy atom. The van der Waals surface area contributed by atoms with E-state index < -0.39 is 15.6 Å². The Hall–Kier alpha value is 2.22. The van der Waals surface area contributed by atoms with Gasteiger partial charge in [-0.2, -0.15) is 4.31 Å². The van der Waals surface area contributed by atoms with Crippen LogP contribution in [-0.4, -0.2) is 84.2 Å². The summed E-state index contributed by atoms with van der Waals surface area (Å²) in [5, 5.41) is 0. The minimum absolute atomic E-state index is 0. The molecule has 8 nitrogen and oxygen atoms in total. The third-order valence-corrected chi connectivity index (χ3v) is 1.91. The Bertz CT molecular complexity index is 155. The van der Waals surface area contributed by atoms with Crippen LogP contribution in [0.2, 0.25) is 0 Å². The van der Waals surface area contributed by atoms with Crippen LogP contribution in [0.3, 0.4) is 0 Å². The Balaban J connectivity index is -0.000000107. The molecule has 0 aliphatic carbocycles. The molecule has 0 spiro atoms. The second kappa shape index (κ2) is 8.52. The molecule has 0 unspecified atom stereocenters. The van der Waals surface area contributed by atoms with E-state index in [2.05, 4.69) is 4.31 Å². The second-order valence-electron chi connectivity index (χ2n) is 1.06. The van der Waals surface area contributed by atoms with E-state index in [4.69, 9.17) is 19.6 Å². The van der Waals surface area contributed by atoms with Crippen LogP contribution in [0.5, 0.6) is 0 Å². The first-order valence-corrected chi connectivity index (χ1v) is 4.59. The first kappa shape index (κ1) is 23.8. The zero-order valence-electron chi connectivity index (χ0n) is 4.41. The van der Waals surface area contributed by atoms with Crippen LogP contribution < -0.4 is 0 Å². The molecule has 0 fully saturated rings. The number of phosphoric acid groups is 2. The van der Waals surface area contributed by atoms with E-state index in [1.54, 1.807) is 0 Å². The van der Waals surface area contributed by atoms with Crippen LogP contribution in [0.25, 0.3) is 0 Å². The number of hydrogen-bond donors (Lipinski definition) is 4. The van der Waals surface area contributed by atoms with Crippen LogP contribution in [0.4, 0.5) is 0 Å². The van der Waals surface area contributed by atoms with Gasteiger partial charge < -0.3 is 25.0 Å². The molecule has 0 rings (SSSR count). The quantitative estimate of drug-likeness (QED) is 0.299. The van der Waals surface area contributed by atoms with Crippen molar-refractivity contribution in [3.63, 3.8) is 0 Å². The van der Waals surface area contributed by atoms with E-state index in [-0.39, 0.29) is 64.6 Å². The van der Waals surface area contributed by atoms with Gasteiger partial charge in [-0.1, -0.05) is 0 Å². The summed E-state index contributed by atoms with van der Waals surface area (Å²) in [6.45, 7) is 0. The Kier molecular flexibility index (Phi) is 16.9. The van der Waals surface area contributed by atoms with Gasteiger partial charge in [-0.15, -0.1) is 0 Å². The summed E-state index contributed by atoms with van der Waals surface area (Å²) in [5.41, 5.74) is 0. The molecule has 12 heavy (non-hydrogen) atoms. The topological polar surface area (TPSA) is 156 Å². The number of hydrogen-bond acceptors (Lipinski definition) is 3. The van der Waals surface area contributed by atoms with E-state index in [1.807, 2.05) is 0 Å². The zero-order chi connectivity index (χ0) is 7.71. The van der Waals surface area contributed by atoms with Gasteiger partial charge >= 0.3 is 74.8 Å². The number of rotatable bonds is 2. The SMILES string of the molecule is O.O=P(O)(O)OP(=O)(O)O.[NaH].[NaH].